The van der Waals surface area contributed by atoms with E-state index in [-0.39, 0.29) is 36.6 Å². The maximum Gasteiger partial charge on any atom is 0.492 e. The first kappa shape index (κ1) is 22.9. The van der Waals surface area contributed by atoms with Gasteiger partial charge < -0.3 is 14.1 Å². The molecule has 12 heteroatoms. The highest BCUT2D eigenvalue weighted by Crippen LogP contribution is 2.31. The second-order valence-electron chi connectivity index (χ2n) is 6.10. The fourth-order valence-electron chi connectivity index (χ4n) is 2.67. The molecule has 0 aromatic carbocycles. The van der Waals surface area contributed by atoms with Crippen molar-refractivity contribution in [1.82, 2.24) is 14.6 Å². The molecule has 8 nitrogen and oxygen atoms in total. The van der Waals surface area contributed by atoms with E-state index in [1.807, 2.05) is 0 Å². The molecule has 1 unspecified atom stereocenters. The van der Waals surface area contributed by atoms with Gasteiger partial charge in [0.1, 0.15) is 6.54 Å². The zero-order chi connectivity index (χ0) is 21.6. The largest absolute Gasteiger partial charge is 0.492 e. The molecular formula is C17H20F3N3O5S. The van der Waals surface area contributed by atoms with Crippen molar-refractivity contribution < 1.29 is 37.1 Å². The molecule has 0 radical (unpaired) electrons. The van der Waals surface area contributed by atoms with Gasteiger partial charge in [0.15, 0.2) is 5.12 Å². The lowest BCUT2D eigenvalue weighted by molar-refractivity contribution is -0.238. The van der Waals surface area contributed by atoms with Gasteiger partial charge in [-0.15, -0.1) is 5.06 Å². The number of esters is 1. The van der Waals surface area contributed by atoms with Crippen molar-refractivity contribution >= 4 is 34.9 Å². The number of carbonyl (C=O) groups is 3. The lowest BCUT2D eigenvalue weighted by atomic mass is 10.0. The first-order chi connectivity index (χ1) is 13.6. The number of hydrogen-bond donors (Lipinski definition) is 0. The van der Waals surface area contributed by atoms with Crippen molar-refractivity contribution in [2.45, 2.75) is 38.2 Å². The minimum absolute atomic E-state index is 0.0478. The van der Waals surface area contributed by atoms with Gasteiger partial charge in [-0.25, -0.2) is 9.78 Å². The predicted molar refractivity (Wildman–Crippen MR) is 97.2 cm³/mol. The van der Waals surface area contributed by atoms with Crippen molar-refractivity contribution in [2.75, 3.05) is 19.7 Å². The second-order valence-corrected chi connectivity index (χ2v) is 7.48. The van der Waals surface area contributed by atoms with Crippen molar-refractivity contribution in [3.8, 4) is 0 Å². The normalized spacial score (nSPS) is 19.2. The smallest absolute Gasteiger partial charge is 0.465 e. The fraction of sp³-hybridized carbons (Fsp3) is 0.529. The molecule has 0 amide bonds. The Labute approximate surface area is 169 Å². The molecule has 1 aliphatic heterocycles. The maximum atomic E-state index is 12.5. The number of carbonyl (C=O) groups excluding carboxylic acids is 3. The van der Waals surface area contributed by atoms with Gasteiger partial charge in [-0.05, 0) is 25.0 Å². The van der Waals surface area contributed by atoms with E-state index in [0.717, 1.165) is 16.8 Å². The number of aromatic nitrogens is 2. The Kier molecular flexibility index (Phi) is 7.85. The first-order valence-electron chi connectivity index (χ1n) is 8.67. The van der Waals surface area contributed by atoms with E-state index < -0.39 is 18.1 Å². The number of alkyl halides is 3. The number of thioether (sulfide) groups is 1. The van der Waals surface area contributed by atoms with Crippen LogP contribution in [0.1, 0.15) is 26.0 Å². The molecule has 0 N–H and O–H groups in total. The molecule has 0 bridgehead atoms. The number of rotatable bonds is 6. The summed E-state index contributed by atoms with van der Waals surface area (Å²) in [6, 6.07) is 0. The van der Waals surface area contributed by atoms with Gasteiger partial charge in [-0.3, -0.25) is 9.59 Å². The second kappa shape index (κ2) is 9.92. The van der Waals surface area contributed by atoms with E-state index in [1.54, 1.807) is 13.0 Å². The fourth-order valence-corrected chi connectivity index (χ4v) is 3.59. The monoisotopic (exact) mass is 435 g/mol. The summed E-state index contributed by atoms with van der Waals surface area (Å²) in [6.07, 6.45) is -0.288. The van der Waals surface area contributed by atoms with Gasteiger partial charge >= 0.3 is 18.1 Å². The lowest BCUT2D eigenvalue weighted by Crippen LogP contribution is -2.41. The zero-order valence-electron chi connectivity index (χ0n) is 15.8. The van der Waals surface area contributed by atoms with Crippen LogP contribution in [0.3, 0.4) is 0 Å². The number of piperidine rings is 1. The van der Waals surface area contributed by atoms with E-state index in [0.29, 0.717) is 17.7 Å². The zero-order valence-corrected chi connectivity index (χ0v) is 16.6. The quantitative estimate of drug-likeness (QED) is 0.629. The summed E-state index contributed by atoms with van der Waals surface area (Å²) in [5.41, 5.74) is 1.07. The van der Waals surface area contributed by atoms with Crippen LogP contribution in [0.25, 0.3) is 6.08 Å². The molecule has 1 aromatic heterocycles. The van der Waals surface area contributed by atoms with Crippen LogP contribution in [-0.2, 0) is 30.5 Å². The highest BCUT2D eigenvalue weighted by molar-refractivity contribution is 8.14. The van der Waals surface area contributed by atoms with Gasteiger partial charge in [-0.2, -0.15) is 13.2 Å². The summed E-state index contributed by atoms with van der Waals surface area (Å²) in [4.78, 5) is 42.8. The van der Waals surface area contributed by atoms with Crippen LogP contribution in [0.15, 0.2) is 18.1 Å². The Hall–Kier alpha value is -2.34. The molecule has 160 valence electrons. The Morgan fingerprint density at radius 2 is 2.10 bits per heavy atom. The molecule has 2 heterocycles. The Bertz CT molecular complexity index is 794. The highest BCUT2D eigenvalue weighted by atomic mass is 32.2. The van der Waals surface area contributed by atoms with E-state index >= 15 is 0 Å². The van der Waals surface area contributed by atoms with E-state index in [4.69, 9.17) is 4.74 Å². The molecule has 1 aliphatic rings. The van der Waals surface area contributed by atoms with E-state index in [2.05, 4.69) is 9.82 Å². The minimum Gasteiger partial charge on any atom is -0.465 e. The lowest BCUT2D eigenvalue weighted by Gasteiger charge is -2.32. The van der Waals surface area contributed by atoms with Crippen molar-refractivity contribution in [3.05, 3.63) is 23.8 Å². The number of nitrogens with zero attached hydrogens (tertiary/aromatic N) is 3. The molecule has 1 aromatic rings. The molecule has 0 spiro atoms. The predicted octanol–water partition coefficient (Wildman–Crippen LogP) is 2.20. The number of hydrogen-bond acceptors (Lipinski definition) is 8. The highest BCUT2D eigenvalue weighted by Gasteiger charge is 2.43. The van der Waals surface area contributed by atoms with Gasteiger partial charge in [0.25, 0.3) is 0 Å². The number of halogens is 3. The third-order valence-corrected chi connectivity index (χ3v) is 5.00. The molecule has 1 atom stereocenters. The minimum atomic E-state index is -5.10. The molecule has 29 heavy (non-hydrogen) atoms. The van der Waals surface area contributed by atoms with E-state index in [9.17, 15) is 27.6 Å². The molecule has 1 fully saturated rings. The Morgan fingerprint density at radius 3 is 2.72 bits per heavy atom. The Morgan fingerprint density at radius 1 is 1.38 bits per heavy atom. The summed E-state index contributed by atoms with van der Waals surface area (Å²) in [6.45, 7) is 3.13. The van der Waals surface area contributed by atoms with Crippen molar-refractivity contribution in [3.63, 3.8) is 0 Å². The van der Waals surface area contributed by atoms with Gasteiger partial charge in [0.05, 0.1) is 31.4 Å². The van der Waals surface area contributed by atoms with Crippen molar-refractivity contribution in [1.29, 1.82) is 0 Å². The number of hydroxylamine groups is 2. The first-order valence-corrected chi connectivity index (χ1v) is 9.55. The summed E-state index contributed by atoms with van der Waals surface area (Å²) in [5, 5.41) is 0.450. The van der Waals surface area contributed by atoms with Gasteiger partial charge in [-0.1, -0.05) is 11.8 Å². The third kappa shape index (κ3) is 6.89. The van der Waals surface area contributed by atoms with Crippen LogP contribution < -0.4 is 0 Å². The van der Waals surface area contributed by atoms with E-state index in [1.165, 1.54) is 24.0 Å². The van der Waals surface area contributed by atoms with Gasteiger partial charge in [0.2, 0.25) is 0 Å². The molecule has 2 rings (SSSR count). The van der Waals surface area contributed by atoms with Crippen LogP contribution in [-0.4, -0.2) is 62.8 Å². The van der Waals surface area contributed by atoms with Crippen LogP contribution in [0.4, 0.5) is 13.2 Å². The summed E-state index contributed by atoms with van der Waals surface area (Å²) in [7, 11) is 0. The third-order valence-electron chi connectivity index (χ3n) is 3.85. The number of ether oxygens (including phenoxy) is 1. The standard InChI is InChI=1S/C17H20F3N3O5S/c1-3-27-15(25)9-22-10-21-7-13(22)6-12-8-23(28-16(26)17(18,19)20)5-4-14(12)29-11(2)24/h6-7,10,14H,3-5,8-9H2,1-2H3/b12-6+. The summed E-state index contributed by atoms with van der Waals surface area (Å²) in [5.74, 6) is -2.77. The van der Waals surface area contributed by atoms with Crippen LogP contribution >= 0.6 is 11.8 Å². The molecule has 0 saturated carbocycles. The summed E-state index contributed by atoms with van der Waals surface area (Å²) < 4.78 is 43.8. The molecule has 0 aliphatic carbocycles. The van der Waals surface area contributed by atoms with Crippen molar-refractivity contribution in [2.24, 2.45) is 0 Å². The van der Waals surface area contributed by atoms with Crippen LogP contribution in [0.2, 0.25) is 0 Å². The average molecular weight is 435 g/mol. The van der Waals surface area contributed by atoms with Gasteiger partial charge in [0, 0.05) is 18.7 Å². The number of imidazole rings is 1. The van der Waals surface area contributed by atoms with Crippen LogP contribution in [0, 0.1) is 0 Å². The molecule has 1 saturated heterocycles. The topological polar surface area (TPSA) is 90.7 Å². The SMILES string of the molecule is CCOC(=O)Cn1cncc1/C=C1\CN(OC(=O)C(F)(F)F)CCC1SC(C)=O. The average Bonchev–Trinajstić information content (AvgIpc) is 3.03. The summed E-state index contributed by atoms with van der Waals surface area (Å²) >= 11 is 1.04. The maximum absolute atomic E-state index is 12.5. The van der Waals surface area contributed by atoms with Crippen LogP contribution in [0.5, 0.6) is 0 Å². The Balaban J connectivity index is 2.22. The molecular weight excluding hydrogens is 415 g/mol.